The summed E-state index contributed by atoms with van der Waals surface area (Å²) in [5.41, 5.74) is 1.39. The first kappa shape index (κ1) is 20.4. The molecule has 2 heterocycles. The summed E-state index contributed by atoms with van der Waals surface area (Å²) >= 11 is 5.86. The lowest BCUT2D eigenvalue weighted by molar-refractivity contribution is -0.134. The first-order chi connectivity index (χ1) is 14.5. The highest BCUT2D eigenvalue weighted by Crippen LogP contribution is 2.29. The minimum atomic E-state index is -0.836. The molecule has 4 amide bonds. The molecule has 0 bridgehead atoms. The van der Waals surface area contributed by atoms with Gasteiger partial charge in [0, 0.05) is 43.2 Å². The summed E-state index contributed by atoms with van der Waals surface area (Å²) in [5, 5.41) is 6.34. The molecular weight excluding hydrogens is 406 g/mol. The van der Waals surface area contributed by atoms with Crippen molar-refractivity contribution in [1.82, 2.24) is 15.5 Å². The van der Waals surface area contributed by atoms with Gasteiger partial charge in [-0.3, -0.25) is 14.5 Å². The molecule has 30 heavy (non-hydrogen) atoms. The Morgan fingerprint density at radius 2 is 1.67 bits per heavy atom. The van der Waals surface area contributed by atoms with Crippen LogP contribution in [0.3, 0.4) is 0 Å². The van der Waals surface area contributed by atoms with Gasteiger partial charge in [-0.2, -0.15) is 0 Å². The normalized spacial score (nSPS) is 17.8. The molecule has 0 unspecified atom stereocenters. The number of carbonyl (C=O) groups is 3. The quantitative estimate of drug-likeness (QED) is 0.718. The third-order valence-electron chi connectivity index (χ3n) is 5.52. The monoisotopic (exact) mass is 427 g/mol. The van der Waals surface area contributed by atoms with Crippen LogP contribution in [0.15, 0.2) is 48.5 Å². The highest BCUT2D eigenvalue weighted by Gasteiger charge is 2.51. The Bertz CT molecular complexity index is 953. The molecule has 2 aromatic rings. The third-order valence-corrected chi connectivity index (χ3v) is 5.77. The van der Waals surface area contributed by atoms with E-state index in [1.165, 1.54) is 4.90 Å². The SMILES string of the molecule is O=C(NCc1ccc(Cl)cc1)c1ccc(CN2C(=O)NC3(CCOCC3)C2=O)cc1. The summed E-state index contributed by atoms with van der Waals surface area (Å²) in [7, 11) is 0. The maximum Gasteiger partial charge on any atom is 0.325 e. The molecule has 2 aliphatic rings. The molecule has 0 atom stereocenters. The summed E-state index contributed by atoms with van der Waals surface area (Å²) < 4.78 is 5.32. The lowest BCUT2D eigenvalue weighted by Gasteiger charge is -2.30. The summed E-state index contributed by atoms with van der Waals surface area (Å²) in [6, 6.07) is 13.8. The van der Waals surface area contributed by atoms with Crippen molar-refractivity contribution in [1.29, 1.82) is 0 Å². The van der Waals surface area contributed by atoms with Crippen LogP contribution in [0.4, 0.5) is 4.79 Å². The molecule has 156 valence electrons. The Balaban J connectivity index is 1.36. The van der Waals surface area contributed by atoms with Crippen LogP contribution in [0.1, 0.15) is 34.3 Å². The van der Waals surface area contributed by atoms with Crippen molar-refractivity contribution in [2.75, 3.05) is 13.2 Å². The molecule has 0 aliphatic carbocycles. The number of benzene rings is 2. The van der Waals surface area contributed by atoms with E-state index in [-0.39, 0.29) is 24.4 Å². The average molecular weight is 428 g/mol. The number of imide groups is 1. The number of nitrogens with zero attached hydrogens (tertiary/aromatic N) is 1. The number of hydrogen-bond donors (Lipinski definition) is 2. The predicted octanol–water partition coefficient (Wildman–Crippen LogP) is 2.87. The molecule has 0 saturated carbocycles. The fraction of sp³-hybridized carbons (Fsp3) is 0.318. The fourth-order valence-corrected chi connectivity index (χ4v) is 3.84. The number of rotatable bonds is 5. The number of nitrogens with one attached hydrogen (secondary N) is 2. The van der Waals surface area contributed by atoms with Crippen LogP contribution in [-0.4, -0.2) is 41.5 Å². The van der Waals surface area contributed by atoms with E-state index in [1.807, 2.05) is 12.1 Å². The van der Waals surface area contributed by atoms with Crippen LogP contribution in [0.25, 0.3) is 0 Å². The molecule has 4 rings (SSSR count). The van der Waals surface area contributed by atoms with E-state index < -0.39 is 5.54 Å². The van der Waals surface area contributed by atoms with E-state index in [1.54, 1.807) is 36.4 Å². The van der Waals surface area contributed by atoms with Crippen LogP contribution in [0.2, 0.25) is 5.02 Å². The number of hydrogen-bond acceptors (Lipinski definition) is 4. The van der Waals surface area contributed by atoms with Crippen molar-refractivity contribution < 1.29 is 19.1 Å². The van der Waals surface area contributed by atoms with Gasteiger partial charge in [0.25, 0.3) is 11.8 Å². The average Bonchev–Trinajstić information content (AvgIpc) is 2.98. The lowest BCUT2D eigenvalue weighted by atomic mass is 9.90. The molecule has 2 aliphatic heterocycles. The Kier molecular flexibility index (Phi) is 5.74. The fourth-order valence-electron chi connectivity index (χ4n) is 3.71. The van der Waals surface area contributed by atoms with Crippen LogP contribution < -0.4 is 10.6 Å². The van der Waals surface area contributed by atoms with Crippen LogP contribution >= 0.6 is 11.6 Å². The van der Waals surface area contributed by atoms with Gasteiger partial charge in [-0.05, 0) is 35.4 Å². The minimum Gasteiger partial charge on any atom is -0.381 e. The molecule has 2 aromatic carbocycles. The zero-order valence-electron chi connectivity index (χ0n) is 16.3. The number of ether oxygens (including phenoxy) is 1. The minimum absolute atomic E-state index is 0.167. The second-order valence-corrected chi connectivity index (χ2v) is 7.96. The van der Waals surface area contributed by atoms with Crippen molar-refractivity contribution >= 4 is 29.4 Å². The van der Waals surface area contributed by atoms with Gasteiger partial charge in [0.05, 0.1) is 6.54 Å². The highest BCUT2D eigenvalue weighted by atomic mass is 35.5. The van der Waals surface area contributed by atoms with Gasteiger partial charge < -0.3 is 15.4 Å². The summed E-state index contributed by atoms with van der Waals surface area (Å²) in [6.07, 6.45) is 0.974. The van der Waals surface area contributed by atoms with Gasteiger partial charge in [-0.1, -0.05) is 35.9 Å². The molecular formula is C22H22ClN3O4. The van der Waals surface area contributed by atoms with Crippen molar-refractivity contribution in [2.24, 2.45) is 0 Å². The van der Waals surface area contributed by atoms with Crippen molar-refractivity contribution in [3.63, 3.8) is 0 Å². The van der Waals surface area contributed by atoms with Crippen LogP contribution in [0.5, 0.6) is 0 Å². The molecule has 1 spiro atoms. The van der Waals surface area contributed by atoms with Crippen molar-refractivity contribution in [2.45, 2.75) is 31.5 Å². The zero-order chi connectivity index (χ0) is 21.1. The first-order valence-electron chi connectivity index (χ1n) is 9.80. The van der Waals surface area contributed by atoms with Gasteiger partial charge in [0.2, 0.25) is 0 Å². The molecule has 2 N–H and O–H groups in total. The summed E-state index contributed by atoms with van der Waals surface area (Å²) in [6.45, 7) is 1.48. The van der Waals surface area contributed by atoms with Crippen LogP contribution in [0, 0.1) is 0 Å². The zero-order valence-corrected chi connectivity index (χ0v) is 17.1. The van der Waals surface area contributed by atoms with E-state index in [2.05, 4.69) is 10.6 Å². The first-order valence-corrected chi connectivity index (χ1v) is 10.2. The second kappa shape index (κ2) is 8.45. The molecule has 8 heteroatoms. The Morgan fingerprint density at radius 3 is 2.33 bits per heavy atom. The summed E-state index contributed by atoms with van der Waals surface area (Å²) in [4.78, 5) is 38.8. The maximum absolute atomic E-state index is 12.8. The van der Waals surface area contributed by atoms with E-state index >= 15 is 0 Å². The Morgan fingerprint density at radius 1 is 1.03 bits per heavy atom. The standard InChI is InChI=1S/C22H22ClN3O4/c23-18-7-3-15(4-8-18)13-24-19(27)17-5-1-16(2-6-17)14-26-20(28)22(25-21(26)29)9-11-30-12-10-22/h1-8H,9-14H2,(H,24,27)(H,25,29). The molecule has 0 aromatic heterocycles. The summed E-state index contributed by atoms with van der Waals surface area (Å²) in [5.74, 6) is -0.409. The van der Waals surface area contributed by atoms with E-state index in [9.17, 15) is 14.4 Å². The smallest absolute Gasteiger partial charge is 0.325 e. The molecule has 7 nitrogen and oxygen atoms in total. The highest BCUT2D eigenvalue weighted by molar-refractivity contribution is 6.30. The van der Waals surface area contributed by atoms with E-state index in [4.69, 9.17) is 16.3 Å². The second-order valence-electron chi connectivity index (χ2n) is 7.52. The topological polar surface area (TPSA) is 87.7 Å². The maximum atomic E-state index is 12.8. The molecule has 2 fully saturated rings. The van der Waals surface area contributed by atoms with Crippen molar-refractivity contribution in [3.8, 4) is 0 Å². The number of carbonyl (C=O) groups excluding carboxylic acids is 3. The lowest BCUT2D eigenvalue weighted by Crippen LogP contribution is -2.51. The molecule has 0 radical (unpaired) electrons. The number of urea groups is 1. The Labute approximate surface area is 179 Å². The predicted molar refractivity (Wildman–Crippen MR) is 111 cm³/mol. The van der Waals surface area contributed by atoms with Gasteiger partial charge in [0.15, 0.2) is 0 Å². The van der Waals surface area contributed by atoms with Gasteiger partial charge in [-0.15, -0.1) is 0 Å². The Hall–Kier alpha value is -2.90. The third kappa shape index (κ3) is 4.17. The largest absolute Gasteiger partial charge is 0.381 e. The van der Waals surface area contributed by atoms with Gasteiger partial charge >= 0.3 is 6.03 Å². The van der Waals surface area contributed by atoms with Crippen LogP contribution in [-0.2, 0) is 22.6 Å². The van der Waals surface area contributed by atoms with Crippen molar-refractivity contribution in [3.05, 3.63) is 70.2 Å². The van der Waals surface area contributed by atoms with E-state index in [0.29, 0.717) is 43.2 Å². The molecule has 2 saturated heterocycles. The van der Waals surface area contributed by atoms with Gasteiger partial charge in [0.1, 0.15) is 5.54 Å². The van der Waals surface area contributed by atoms with E-state index in [0.717, 1.165) is 11.1 Å². The van der Waals surface area contributed by atoms with Gasteiger partial charge in [-0.25, -0.2) is 4.79 Å². The number of amides is 4. The number of halogens is 1.